The molecule has 140 valence electrons. The Kier molecular flexibility index (Phi) is 5.86. The normalized spacial score (nSPS) is 11.8. The van der Waals surface area contributed by atoms with Crippen molar-refractivity contribution in [1.82, 2.24) is 14.9 Å². The topological polar surface area (TPSA) is 93.2 Å². The first-order valence-corrected chi connectivity index (χ1v) is 7.53. The Morgan fingerprint density at radius 2 is 2.08 bits per heavy atom. The van der Waals surface area contributed by atoms with Crippen LogP contribution in [0.1, 0.15) is 16.8 Å². The molecular formula is C16H16F3N3O4. The van der Waals surface area contributed by atoms with Gasteiger partial charge in [0.25, 0.3) is 5.91 Å². The van der Waals surface area contributed by atoms with E-state index in [2.05, 4.69) is 15.0 Å². The van der Waals surface area contributed by atoms with Crippen LogP contribution in [0.25, 0.3) is 11.0 Å². The van der Waals surface area contributed by atoms with Crippen LogP contribution in [0.3, 0.4) is 0 Å². The number of amides is 1. The molecule has 0 bridgehead atoms. The van der Waals surface area contributed by atoms with Crippen molar-refractivity contribution in [1.29, 1.82) is 0 Å². The highest BCUT2D eigenvalue weighted by atomic mass is 19.4. The molecule has 0 unspecified atom stereocenters. The molecule has 0 atom stereocenters. The van der Waals surface area contributed by atoms with E-state index in [0.29, 0.717) is 11.0 Å². The quantitative estimate of drug-likeness (QED) is 0.460. The highest BCUT2D eigenvalue weighted by Crippen LogP contribution is 2.20. The number of halogens is 3. The smallest absolute Gasteiger partial charge is 0.406 e. The first kappa shape index (κ1) is 19.3. The summed E-state index contributed by atoms with van der Waals surface area (Å²) >= 11 is 0. The van der Waals surface area contributed by atoms with Crippen molar-refractivity contribution in [3.63, 3.8) is 0 Å². The van der Waals surface area contributed by atoms with Crippen LogP contribution in [0.4, 0.5) is 13.2 Å². The second-order valence-corrected chi connectivity index (χ2v) is 5.33. The van der Waals surface area contributed by atoms with E-state index in [1.165, 1.54) is 37.5 Å². The summed E-state index contributed by atoms with van der Waals surface area (Å²) in [4.78, 5) is 36.9. The number of nitrogens with zero attached hydrogens (tertiary/aromatic N) is 1. The zero-order chi connectivity index (χ0) is 19.3. The lowest BCUT2D eigenvalue weighted by molar-refractivity contribution is -0.140. The van der Waals surface area contributed by atoms with Gasteiger partial charge in [0.1, 0.15) is 6.54 Å². The number of fused-ring (bicyclic) bond motifs is 1. The summed E-state index contributed by atoms with van der Waals surface area (Å²) in [6.07, 6.45) is -1.38. The van der Waals surface area contributed by atoms with Crippen LogP contribution in [0.5, 0.6) is 0 Å². The van der Waals surface area contributed by atoms with E-state index in [4.69, 9.17) is 0 Å². The Balaban J connectivity index is 2.07. The van der Waals surface area contributed by atoms with Crippen molar-refractivity contribution in [2.45, 2.75) is 19.1 Å². The van der Waals surface area contributed by atoms with Crippen molar-refractivity contribution in [3.8, 4) is 0 Å². The van der Waals surface area contributed by atoms with Gasteiger partial charge in [0.05, 0.1) is 18.1 Å². The molecule has 0 aliphatic heterocycles. The minimum absolute atomic E-state index is 0.0601. The molecular weight excluding hydrogens is 355 g/mol. The number of carbonyl (C=O) groups excluding carboxylic acids is 2. The number of methoxy groups -OCH3 is 1. The second kappa shape index (κ2) is 7.89. The minimum Gasteiger partial charge on any atom is -0.466 e. The maximum atomic E-state index is 12.5. The molecule has 0 aliphatic rings. The molecule has 10 heteroatoms. The van der Waals surface area contributed by atoms with Gasteiger partial charge in [0, 0.05) is 18.2 Å². The fraction of sp³-hybridized carbons (Fsp3) is 0.312. The Labute approximate surface area is 145 Å². The molecule has 0 saturated carbocycles. The molecule has 2 aromatic rings. The Morgan fingerprint density at radius 1 is 1.35 bits per heavy atom. The molecule has 2 N–H and O–H groups in total. The standard InChI is InChI=1S/C16H16F3N3O4/c1-26-13(23)4-2-3-7-20-14(24)10-5-6-12-11(8-10)21-15(25)22(12)9-16(17,18)19/h2,4-6,8H,3,7,9H2,1H3,(H,20,24)(H,21,25)/b4-2+. The van der Waals surface area contributed by atoms with Gasteiger partial charge < -0.3 is 15.0 Å². The van der Waals surface area contributed by atoms with Gasteiger partial charge in [-0.1, -0.05) is 6.08 Å². The molecule has 1 amide bonds. The van der Waals surface area contributed by atoms with E-state index in [0.717, 1.165) is 0 Å². The maximum absolute atomic E-state index is 12.5. The predicted octanol–water partition coefficient (Wildman–Crippen LogP) is 1.74. The van der Waals surface area contributed by atoms with E-state index < -0.39 is 30.3 Å². The van der Waals surface area contributed by atoms with Crippen molar-refractivity contribution < 1.29 is 27.5 Å². The lowest BCUT2D eigenvalue weighted by Gasteiger charge is -2.08. The van der Waals surface area contributed by atoms with E-state index in [-0.39, 0.29) is 23.1 Å². The number of benzene rings is 1. The van der Waals surface area contributed by atoms with Gasteiger partial charge in [-0.15, -0.1) is 0 Å². The maximum Gasteiger partial charge on any atom is 0.406 e. The third kappa shape index (κ3) is 4.98. The van der Waals surface area contributed by atoms with Crippen LogP contribution in [-0.2, 0) is 16.1 Å². The Hall–Kier alpha value is -3.04. The Bertz CT molecular complexity index is 896. The fourth-order valence-corrected chi connectivity index (χ4v) is 2.26. The summed E-state index contributed by atoms with van der Waals surface area (Å²) in [7, 11) is 1.25. The molecule has 1 heterocycles. The largest absolute Gasteiger partial charge is 0.466 e. The molecule has 26 heavy (non-hydrogen) atoms. The third-order valence-corrected chi connectivity index (χ3v) is 3.43. The van der Waals surface area contributed by atoms with Crippen LogP contribution in [0.2, 0.25) is 0 Å². The average Bonchev–Trinajstić information content (AvgIpc) is 2.87. The van der Waals surface area contributed by atoms with E-state index in [1.54, 1.807) is 0 Å². The molecule has 0 spiro atoms. The number of hydrogen-bond acceptors (Lipinski definition) is 4. The highest BCUT2D eigenvalue weighted by Gasteiger charge is 2.29. The number of H-pyrrole nitrogens is 1. The van der Waals surface area contributed by atoms with E-state index in [1.807, 2.05) is 0 Å². The summed E-state index contributed by atoms with van der Waals surface area (Å²) in [5, 5.41) is 2.59. The van der Waals surface area contributed by atoms with Gasteiger partial charge in [-0.25, -0.2) is 9.59 Å². The number of imidazole rings is 1. The predicted molar refractivity (Wildman–Crippen MR) is 86.7 cm³/mol. The van der Waals surface area contributed by atoms with Gasteiger partial charge in [0.2, 0.25) is 0 Å². The van der Waals surface area contributed by atoms with Crippen molar-refractivity contribution in [3.05, 3.63) is 46.4 Å². The number of ether oxygens (including phenoxy) is 1. The number of aromatic nitrogens is 2. The zero-order valence-electron chi connectivity index (χ0n) is 13.7. The number of rotatable bonds is 6. The van der Waals surface area contributed by atoms with E-state index in [9.17, 15) is 27.6 Å². The number of alkyl halides is 3. The summed E-state index contributed by atoms with van der Waals surface area (Å²) < 4.78 is 42.6. The molecule has 7 nitrogen and oxygen atoms in total. The lowest BCUT2D eigenvalue weighted by Crippen LogP contribution is -2.26. The van der Waals surface area contributed by atoms with Crippen molar-refractivity contribution in [2.24, 2.45) is 0 Å². The summed E-state index contributed by atoms with van der Waals surface area (Å²) in [5.74, 6) is -0.961. The van der Waals surface area contributed by atoms with Crippen molar-refractivity contribution >= 4 is 22.9 Å². The van der Waals surface area contributed by atoms with Crippen LogP contribution in [-0.4, -0.2) is 41.3 Å². The molecule has 0 aliphatic carbocycles. The summed E-state index contributed by atoms with van der Waals surface area (Å²) in [6, 6.07) is 3.93. The van der Waals surface area contributed by atoms with Gasteiger partial charge in [0.15, 0.2) is 0 Å². The molecule has 1 aromatic heterocycles. The van der Waals surface area contributed by atoms with Gasteiger partial charge in [-0.2, -0.15) is 13.2 Å². The van der Waals surface area contributed by atoms with E-state index >= 15 is 0 Å². The van der Waals surface area contributed by atoms with Gasteiger partial charge in [-0.05, 0) is 24.6 Å². The zero-order valence-corrected chi connectivity index (χ0v) is 13.7. The summed E-state index contributed by atoms with van der Waals surface area (Å²) in [6.45, 7) is -1.17. The third-order valence-electron chi connectivity index (χ3n) is 3.43. The van der Waals surface area contributed by atoms with Gasteiger partial charge >= 0.3 is 17.8 Å². The number of nitrogens with one attached hydrogen (secondary N) is 2. The van der Waals surface area contributed by atoms with Crippen LogP contribution in [0, 0.1) is 0 Å². The average molecular weight is 371 g/mol. The first-order valence-electron chi connectivity index (χ1n) is 7.53. The number of hydrogen-bond donors (Lipinski definition) is 2. The Morgan fingerprint density at radius 3 is 2.73 bits per heavy atom. The SMILES string of the molecule is COC(=O)/C=C/CCNC(=O)c1ccc2c(c1)[nH]c(=O)n2CC(F)(F)F. The van der Waals surface area contributed by atoms with Crippen molar-refractivity contribution in [2.75, 3.05) is 13.7 Å². The van der Waals surface area contributed by atoms with Crippen LogP contribution >= 0.6 is 0 Å². The highest BCUT2D eigenvalue weighted by molar-refractivity contribution is 5.97. The van der Waals surface area contributed by atoms with Crippen LogP contribution < -0.4 is 11.0 Å². The molecule has 0 radical (unpaired) electrons. The molecule has 1 aromatic carbocycles. The minimum atomic E-state index is -4.54. The molecule has 2 rings (SSSR count). The molecule has 0 fully saturated rings. The first-order chi connectivity index (χ1) is 12.2. The fourth-order valence-electron chi connectivity index (χ4n) is 2.26. The van der Waals surface area contributed by atoms with Gasteiger partial charge in [-0.3, -0.25) is 9.36 Å². The van der Waals surface area contributed by atoms with Crippen LogP contribution in [0.15, 0.2) is 35.1 Å². The lowest BCUT2D eigenvalue weighted by atomic mass is 10.2. The second-order valence-electron chi connectivity index (χ2n) is 5.33. The number of carbonyl (C=O) groups is 2. The number of esters is 1. The number of aromatic amines is 1. The molecule has 0 saturated heterocycles. The summed E-state index contributed by atoms with van der Waals surface area (Å²) in [5.41, 5.74) is -0.514. The monoisotopic (exact) mass is 371 g/mol.